The van der Waals surface area contributed by atoms with Crippen LogP contribution in [-0.4, -0.2) is 60.1 Å². The van der Waals surface area contributed by atoms with Crippen molar-refractivity contribution in [1.29, 1.82) is 5.26 Å². The maximum absolute atomic E-state index is 9.34. The van der Waals surface area contributed by atoms with E-state index in [1.165, 1.54) is 11.1 Å². The summed E-state index contributed by atoms with van der Waals surface area (Å²) in [6.07, 6.45) is 2.44. The van der Waals surface area contributed by atoms with Crippen LogP contribution in [0.15, 0.2) is 54.7 Å². The van der Waals surface area contributed by atoms with Crippen molar-refractivity contribution in [3.05, 3.63) is 77.2 Å². The lowest BCUT2D eigenvalue weighted by Gasteiger charge is -2.32. The van der Waals surface area contributed by atoms with E-state index in [4.69, 9.17) is 9.72 Å². The third-order valence-electron chi connectivity index (χ3n) is 5.71. The highest BCUT2D eigenvalue weighted by Gasteiger charge is 2.14. The average molecular weight is 414 g/mol. The normalized spacial score (nSPS) is 14.9. The molecule has 6 nitrogen and oxygen atoms in total. The van der Waals surface area contributed by atoms with Crippen LogP contribution in [0.1, 0.15) is 22.5 Å². The van der Waals surface area contributed by atoms with Crippen molar-refractivity contribution in [2.24, 2.45) is 0 Å². The number of nitriles is 1. The third kappa shape index (κ3) is 5.26. The zero-order valence-electron chi connectivity index (χ0n) is 18.1. The summed E-state index contributed by atoms with van der Waals surface area (Å²) in [7, 11) is 3.75. The van der Waals surface area contributed by atoms with Gasteiger partial charge in [-0.3, -0.25) is 4.90 Å². The molecule has 0 aliphatic carbocycles. The van der Waals surface area contributed by atoms with Crippen LogP contribution in [0.4, 0.5) is 0 Å². The van der Waals surface area contributed by atoms with Gasteiger partial charge in [0.15, 0.2) is 0 Å². The first-order valence-electron chi connectivity index (χ1n) is 10.5. The molecular formula is C25H27N5O. The fraction of sp³-hybridized carbons (Fsp3) is 0.320. The van der Waals surface area contributed by atoms with E-state index in [2.05, 4.69) is 52.2 Å². The van der Waals surface area contributed by atoms with Gasteiger partial charge in [-0.25, -0.2) is 9.97 Å². The molecule has 3 aromatic rings. The number of aromatic nitrogens is 2. The Morgan fingerprint density at radius 2 is 1.74 bits per heavy atom. The van der Waals surface area contributed by atoms with Gasteiger partial charge in [0.1, 0.15) is 17.6 Å². The zero-order chi connectivity index (χ0) is 21.6. The molecule has 0 radical (unpaired) electrons. The van der Waals surface area contributed by atoms with E-state index >= 15 is 0 Å². The van der Waals surface area contributed by atoms with Crippen molar-refractivity contribution < 1.29 is 4.74 Å². The molecule has 0 atom stereocenters. The van der Waals surface area contributed by atoms with Crippen LogP contribution in [-0.2, 0) is 13.0 Å². The van der Waals surface area contributed by atoms with Gasteiger partial charge in [0.2, 0.25) is 0 Å². The highest BCUT2D eigenvalue weighted by Crippen LogP contribution is 2.25. The Bertz CT molecular complexity index is 1070. The Balaban J connectivity index is 1.44. The molecule has 0 spiro atoms. The Morgan fingerprint density at radius 1 is 1.00 bits per heavy atom. The maximum atomic E-state index is 9.34. The van der Waals surface area contributed by atoms with Crippen LogP contribution in [0.2, 0.25) is 0 Å². The number of hydrogen-bond acceptors (Lipinski definition) is 6. The smallest absolute Gasteiger partial charge is 0.136 e. The summed E-state index contributed by atoms with van der Waals surface area (Å²) in [5, 5.41) is 9.34. The number of methoxy groups -OCH3 is 1. The van der Waals surface area contributed by atoms with E-state index in [-0.39, 0.29) is 0 Å². The summed E-state index contributed by atoms with van der Waals surface area (Å²) in [6.45, 7) is 5.51. The highest BCUT2D eigenvalue weighted by molar-refractivity contribution is 5.64. The maximum Gasteiger partial charge on any atom is 0.136 e. The number of piperazine rings is 1. The summed E-state index contributed by atoms with van der Waals surface area (Å²) >= 11 is 0. The van der Waals surface area contributed by atoms with Crippen LogP contribution >= 0.6 is 0 Å². The first kappa shape index (κ1) is 21.0. The monoisotopic (exact) mass is 413 g/mol. The van der Waals surface area contributed by atoms with Gasteiger partial charge in [-0.2, -0.15) is 5.26 Å². The molecule has 1 aliphatic heterocycles. The summed E-state index contributed by atoms with van der Waals surface area (Å²) in [4.78, 5) is 14.0. The van der Waals surface area contributed by atoms with Crippen molar-refractivity contribution in [1.82, 2.24) is 19.8 Å². The third-order valence-corrected chi connectivity index (χ3v) is 5.71. The molecule has 0 bridgehead atoms. The molecule has 0 N–H and O–H groups in total. The summed E-state index contributed by atoms with van der Waals surface area (Å²) in [5.74, 6) is 1.33. The summed E-state index contributed by atoms with van der Waals surface area (Å²) in [5.41, 5.74) is 4.70. The van der Waals surface area contributed by atoms with Gasteiger partial charge < -0.3 is 9.64 Å². The molecular weight excluding hydrogens is 386 g/mol. The molecule has 6 heteroatoms. The van der Waals surface area contributed by atoms with Crippen LogP contribution < -0.4 is 4.74 Å². The molecule has 4 rings (SSSR count). The Hall–Kier alpha value is -3.27. The quantitative estimate of drug-likeness (QED) is 0.617. The van der Waals surface area contributed by atoms with E-state index in [9.17, 15) is 5.26 Å². The van der Waals surface area contributed by atoms with Gasteiger partial charge in [0.05, 0.1) is 18.4 Å². The molecule has 0 amide bonds. The van der Waals surface area contributed by atoms with Crippen molar-refractivity contribution in [3.8, 4) is 23.1 Å². The van der Waals surface area contributed by atoms with Crippen LogP contribution in [0.3, 0.4) is 0 Å². The molecule has 31 heavy (non-hydrogen) atoms. The second-order valence-electron chi connectivity index (χ2n) is 7.96. The molecule has 1 saturated heterocycles. The van der Waals surface area contributed by atoms with Crippen molar-refractivity contribution in [2.45, 2.75) is 13.0 Å². The molecule has 1 aromatic heterocycles. The minimum absolute atomic E-state index is 0.496. The molecule has 0 unspecified atom stereocenters. The fourth-order valence-electron chi connectivity index (χ4n) is 3.81. The Labute approximate surface area is 183 Å². The number of likely N-dealkylation sites (N-methyl/N-ethyl adjacent to an activating group) is 1. The predicted molar refractivity (Wildman–Crippen MR) is 121 cm³/mol. The van der Waals surface area contributed by atoms with Gasteiger partial charge in [-0.05, 0) is 42.4 Å². The van der Waals surface area contributed by atoms with Crippen molar-refractivity contribution >= 4 is 0 Å². The Kier molecular flexibility index (Phi) is 6.56. The summed E-state index contributed by atoms with van der Waals surface area (Å²) in [6, 6.07) is 18.3. The highest BCUT2D eigenvalue weighted by atomic mass is 16.5. The van der Waals surface area contributed by atoms with E-state index in [1.807, 2.05) is 12.1 Å². The molecule has 2 heterocycles. The fourth-order valence-corrected chi connectivity index (χ4v) is 3.81. The lowest BCUT2D eigenvalue weighted by Crippen LogP contribution is -2.43. The lowest BCUT2D eigenvalue weighted by atomic mass is 10.1. The number of ether oxygens (including phenoxy) is 1. The van der Waals surface area contributed by atoms with Gasteiger partial charge in [-0.15, -0.1) is 0 Å². The minimum Gasteiger partial charge on any atom is -0.495 e. The number of hydrogen-bond donors (Lipinski definition) is 0. The second-order valence-corrected chi connectivity index (χ2v) is 7.96. The molecule has 2 aromatic carbocycles. The van der Waals surface area contributed by atoms with Gasteiger partial charge >= 0.3 is 0 Å². The van der Waals surface area contributed by atoms with Crippen LogP contribution in [0, 0.1) is 11.3 Å². The van der Waals surface area contributed by atoms with E-state index < -0.39 is 0 Å². The van der Waals surface area contributed by atoms with Crippen LogP contribution in [0.5, 0.6) is 5.75 Å². The lowest BCUT2D eigenvalue weighted by molar-refractivity contribution is 0.148. The average Bonchev–Trinajstić information content (AvgIpc) is 2.81. The first-order valence-corrected chi connectivity index (χ1v) is 10.5. The predicted octanol–water partition coefficient (Wildman–Crippen LogP) is 3.36. The molecule has 158 valence electrons. The van der Waals surface area contributed by atoms with E-state index in [0.717, 1.165) is 49.8 Å². The first-order chi connectivity index (χ1) is 15.1. The largest absolute Gasteiger partial charge is 0.495 e. The Morgan fingerprint density at radius 3 is 2.45 bits per heavy atom. The SMILES string of the molecule is COc1ccc(-c2ccnc(Cc3ccc(CN4CCN(C)CC4)cc3)n2)cc1C#N. The minimum atomic E-state index is 0.496. The zero-order valence-corrected chi connectivity index (χ0v) is 18.1. The molecule has 1 fully saturated rings. The number of benzene rings is 2. The van der Waals surface area contributed by atoms with Crippen molar-refractivity contribution in [2.75, 3.05) is 40.3 Å². The summed E-state index contributed by atoms with van der Waals surface area (Å²) < 4.78 is 5.23. The number of rotatable bonds is 6. The van der Waals surface area contributed by atoms with E-state index in [0.29, 0.717) is 17.7 Å². The topological polar surface area (TPSA) is 65.3 Å². The molecule has 1 aliphatic rings. The number of nitrogens with zero attached hydrogens (tertiary/aromatic N) is 5. The van der Waals surface area contributed by atoms with Gasteiger partial charge in [0, 0.05) is 50.9 Å². The standard InChI is InChI=1S/C25H27N5O/c1-29-11-13-30(14-12-29)18-20-5-3-19(4-6-20)15-25-27-10-9-23(28-25)21-7-8-24(31-2)22(16-21)17-26/h3-10,16H,11-15,18H2,1-2H3. The van der Waals surface area contributed by atoms with Crippen LogP contribution in [0.25, 0.3) is 11.3 Å². The van der Waals surface area contributed by atoms with Gasteiger partial charge in [-0.1, -0.05) is 24.3 Å². The van der Waals surface area contributed by atoms with E-state index in [1.54, 1.807) is 25.4 Å². The molecule has 0 saturated carbocycles. The second kappa shape index (κ2) is 9.69. The van der Waals surface area contributed by atoms with Crippen molar-refractivity contribution in [3.63, 3.8) is 0 Å². The van der Waals surface area contributed by atoms with Gasteiger partial charge in [0.25, 0.3) is 0 Å².